The number of carbonyl (C=O) groups excluding carboxylic acids is 3. The van der Waals surface area contributed by atoms with Crippen molar-refractivity contribution in [2.75, 3.05) is 53.9 Å². The molecule has 9 heteroatoms. The molecule has 1 unspecified atom stereocenters. The zero-order valence-corrected chi connectivity index (χ0v) is 17.2. The molecule has 158 valence electrons. The number of rotatable bonds is 3. The van der Waals surface area contributed by atoms with Crippen molar-refractivity contribution in [1.82, 2.24) is 25.3 Å². The van der Waals surface area contributed by atoms with Crippen molar-refractivity contribution < 1.29 is 19.1 Å². The number of benzene rings is 1. The number of ether oxygens (including phenoxy) is 1. The van der Waals surface area contributed by atoms with E-state index in [0.717, 1.165) is 11.3 Å². The van der Waals surface area contributed by atoms with E-state index in [1.807, 2.05) is 24.3 Å². The van der Waals surface area contributed by atoms with Gasteiger partial charge in [-0.15, -0.1) is 0 Å². The molecule has 1 aromatic rings. The van der Waals surface area contributed by atoms with E-state index in [1.165, 1.54) is 4.90 Å². The Morgan fingerprint density at radius 3 is 2.41 bits per heavy atom. The lowest BCUT2D eigenvalue weighted by Crippen LogP contribution is -2.48. The lowest BCUT2D eigenvalue weighted by molar-refractivity contribution is -0.119. The molecule has 2 fully saturated rings. The van der Waals surface area contributed by atoms with Gasteiger partial charge in [-0.3, -0.25) is 4.79 Å². The largest absolute Gasteiger partial charge is 0.497 e. The Hall–Kier alpha value is -2.97. The zero-order chi connectivity index (χ0) is 21.0. The maximum Gasteiger partial charge on any atom is 0.319 e. The summed E-state index contributed by atoms with van der Waals surface area (Å²) in [5, 5.41) is 5.81. The maximum absolute atomic E-state index is 12.9. The third-order valence-corrected chi connectivity index (χ3v) is 5.43. The zero-order valence-electron chi connectivity index (χ0n) is 17.2. The highest BCUT2D eigenvalue weighted by molar-refractivity contribution is 5.80. The molecule has 9 nitrogen and oxygen atoms in total. The van der Waals surface area contributed by atoms with Crippen LogP contribution in [0.1, 0.15) is 12.0 Å². The molecule has 0 saturated carbocycles. The molecule has 1 aromatic carbocycles. The van der Waals surface area contributed by atoms with Crippen molar-refractivity contribution in [2.24, 2.45) is 5.41 Å². The molecule has 2 aliphatic heterocycles. The standard InChI is InChI=1S/C20H29N5O4/c1-23(2)19(28)25-9-8-24(13-20(14-25)10-17(26)22-12-20)18(27)21-11-15-4-6-16(29-3)7-5-15/h4-7H,8-14H2,1-3H3,(H,21,27)(H,22,26). The molecule has 1 atom stereocenters. The minimum atomic E-state index is -0.462. The van der Waals surface area contributed by atoms with Crippen molar-refractivity contribution in [1.29, 1.82) is 0 Å². The predicted molar refractivity (Wildman–Crippen MR) is 108 cm³/mol. The van der Waals surface area contributed by atoms with Crippen LogP contribution in [0.4, 0.5) is 9.59 Å². The maximum atomic E-state index is 12.9. The lowest BCUT2D eigenvalue weighted by atomic mass is 9.86. The second kappa shape index (κ2) is 8.59. The van der Waals surface area contributed by atoms with Crippen molar-refractivity contribution in [3.8, 4) is 5.75 Å². The van der Waals surface area contributed by atoms with Crippen LogP contribution in [-0.2, 0) is 11.3 Å². The Kier molecular flexibility index (Phi) is 6.14. The molecule has 2 aliphatic rings. The Bertz CT molecular complexity index is 767. The number of nitrogens with zero attached hydrogens (tertiary/aromatic N) is 3. The van der Waals surface area contributed by atoms with Crippen LogP contribution in [0.5, 0.6) is 5.75 Å². The smallest absolute Gasteiger partial charge is 0.319 e. The molecular weight excluding hydrogens is 374 g/mol. The van der Waals surface area contributed by atoms with E-state index in [9.17, 15) is 14.4 Å². The van der Waals surface area contributed by atoms with E-state index in [0.29, 0.717) is 45.7 Å². The molecule has 2 N–H and O–H groups in total. The van der Waals surface area contributed by atoms with Gasteiger partial charge in [-0.2, -0.15) is 0 Å². The van der Waals surface area contributed by atoms with Gasteiger partial charge in [0.15, 0.2) is 0 Å². The minimum Gasteiger partial charge on any atom is -0.497 e. The molecule has 5 amide bonds. The van der Waals surface area contributed by atoms with Gasteiger partial charge in [0.25, 0.3) is 0 Å². The monoisotopic (exact) mass is 403 g/mol. The van der Waals surface area contributed by atoms with E-state index < -0.39 is 5.41 Å². The molecule has 3 rings (SSSR count). The van der Waals surface area contributed by atoms with Gasteiger partial charge in [-0.25, -0.2) is 9.59 Å². The molecular formula is C20H29N5O4. The van der Waals surface area contributed by atoms with Gasteiger partial charge >= 0.3 is 12.1 Å². The number of urea groups is 2. The van der Waals surface area contributed by atoms with Crippen molar-refractivity contribution in [2.45, 2.75) is 13.0 Å². The predicted octanol–water partition coefficient (Wildman–Crippen LogP) is 0.710. The SMILES string of the molecule is COc1ccc(CNC(=O)N2CCN(C(=O)N(C)C)CC3(CNC(=O)C3)C2)cc1. The first-order chi connectivity index (χ1) is 13.8. The molecule has 0 aromatic heterocycles. The highest BCUT2D eigenvalue weighted by Crippen LogP contribution is 2.31. The second-order valence-electron chi connectivity index (χ2n) is 7.98. The van der Waals surface area contributed by atoms with Gasteiger partial charge < -0.3 is 30.1 Å². The van der Waals surface area contributed by atoms with Crippen LogP contribution in [0.2, 0.25) is 0 Å². The number of methoxy groups -OCH3 is 1. The van der Waals surface area contributed by atoms with Crippen molar-refractivity contribution in [3.05, 3.63) is 29.8 Å². The molecule has 1 spiro atoms. The van der Waals surface area contributed by atoms with E-state index >= 15 is 0 Å². The third-order valence-electron chi connectivity index (χ3n) is 5.43. The van der Waals surface area contributed by atoms with Gasteiger partial charge in [0.2, 0.25) is 5.91 Å². The Labute approximate surface area is 171 Å². The average Bonchev–Trinajstić information content (AvgIpc) is 2.96. The quantitative estimate of drug-likeness (QED) is 0.777. The first kappa shape index (κ1) is 20.8. The van der Waals surface area contributed by atoms with Crippen LogP contribution in [-0.4, -0.2) is 86.6 Å². The average molecular weight is 403 g/mol. The molecule has 2 heterocycles. The Morgan fingerprint density at radius 2 is 1.83 bits per heavy atom. The highest BCUT2D eigenvalue weighted by Gasteiger charge is 2.45. The van der Waals surface area contributed by atoms with Gasteiger partial charge in [0.05, 0.1) is 7.11 Å². The van der Waals surface area contributed by atoms with Gasteiger partial charge in [0, 0.05) is 65.2 Å². The van der Waals surface area contributed by atoms with Gasteiger partial charge in [-0.05, 0) is 17.7 Å². The molecule has 29 heavy (non-hydrogen) atoms. The molecule has 0 aliphatic carbocycles. The van der Waals surface area contributed by atoms with Gasteiger partial charge in [-0.1, -0.05) is 12.1 Å². The number of hydrogen-bond donors (Lipinski definition) is 2. The second-order valence-corrected chi connectivity index (χ2v) is 7.98. The summed E-state index contributed by atoms with van der Waals surface area (Å²) >= 11 is 0. The molecule has 2 saturated heterocycles. The summed E-state index contributed by atoms with van der Waals surface area (Å²) in [6.07, 6.45) is 0.312. The van der Waals surface area contributed by atoms with Crippen molar-refractivity contribution in [3.63, 3.8) is 0 Å². The fourth-order valence-electron chi connectivity index (χ4n) is 3.89. The summed E-state index contributed by atoms with van der Waals surface area (Å²) in [5.74, 6) is 0.723. The summed E-state index contributed by atoms with van der Waals surface area (Å²) < 4.78 is 5.15. The topological polar surface area (TPSA) is 94.2 Å². The van der Waals surface area contributed by atoms with E-state index in [4.69, 9.17) is 4.74 Å². The number of amides is 5. The van der Waals surface area contributed by atoms with Crippen LogP contribution in [0.25, 0.3) is 0 Å². The van der Waals surface area contributed by atoms with E-state index in [-0.39, 0.29) is 18.0 Å². The number of carbonyl (C=O) groups is 3. The fraction of sp³-hybridized carbons (Fsp3) is 0.550. The van der Waals surface area contributed by atoms with E-state index in [2.05, 4.69) is 10.6 Å². The summed E-state index contributed by atoms with van der Waals surface area (Å²) in [6, 6.07) is 7.20. The van der Waals surface area contributed by atoms with Crippen LogP contribution >= 0.6 is 0 Å². The summed E-state index contributed by atoms with van der Waals surface area (Å²) in [7, 11) is 5.02. The molecule has 0 bridgehead atoms. The summed E-state index contributed by atoms with van der Waals surface area (Å²) in [4.78, 5) is 42.3. The van der Waals surface area contributed by atoms with Gasteiger partial charge in [0.1, 0.15) is 5.75 Å². The van der Waals surface area contributed by atoms with Crippen LogP contribution in [0.3, 0.4) is 0 Å². The van der Waals surface area contributed by atoms with Crippen LogP contribution in [0, 0.1) is 5.41 Å². The van der Waals surface area contributed by atoms with Crippen LogP contribution in [0.15, 0.2) is 24.3 Å². The van der Waals surface area contributed by atoms with Crippen molar-refractivity contribution >= 4 is 18.0 Å². The van der Waals surface area contributed by atoms with E-state index in [1.54, 1.807) is 31.0 Å². The first-order valence-electron chi connectivity index (χ1n) is 9.70. The Balaban J connectivity index is 1.68. The highest BCUT2D eigenvalue weighted by atomic mass is 16.5. The minimum absolute atomic E-state index is 0.0391. The summed E-state index contributed by atoms with van der Waals surface area (Å²) in [6.45, 7) is 2.59. The molecule has 0 radical (unpaired) electrons. The number of hydrogen-bond acceptors (Lipinski definition) is 4. The first-order valence-corrected chi connectivity index (χ1v) is 9.70. The Morgan fingerprint density at radius 1 is 1.17 bits per heavy atom. The van der Waals surface area contributed by atoms with Crippen LogP contribution < -0.4 is 15.4 Å². The third kappa shape index (κ3) is 4.90. The lowest BCUT2D eigenvalue weighted by Gasteiger charge is -2.33. The number of nitrogens with one attached hydrogen (secondary N) is 2. The fourth-order valence-corrected chi connectivity index (χ4v) is 3.89. The normalized spacial score (nSPS) is 21.6. The summed E-state index contributed by atoms with van der Waals surface area (Å²) in [5.41, 5.74) is 0.502.